The average Bonchev–Trinajstić information content (AvgIpc) is 3.42. The summed E-state index contributed by atoms with van der Waals surface area (Å²) < 4.78 is 5.30. The molecule has 0 radical (unpaired) electrons. The summed E-state index contributed by atoms with van der Waals surface area (Å²) in [5.41, 5.74) is 3.66. The molecule has 2 aliphatic heterocycles. The standard InChI is InChI=1S/C35H30Cl2N2O6/c1-16-4-6-18(12-26(16)36)38-32(41)23-11-10-21-24(30(23)34(38)43)15-25-31(29(21)22-9-8-20(45-3)14-28(22)40)35(44)39(33(25)42)19-7-5-17(2)27(37)13-19/h4-10,12-14,23-25,29-31,40H,11,15H2,1-3H3/t23-,24+,25+,29+,30-,31+/m0/s1. The van der Waals surface area contributed by atoms with Crippen LogP contribution < -0.4 is 14.5 Å². The molecule has 2 heterocycles. The molecule has 0 aromatic heterocycles. The molecule has 10 heteroatoms. The van der Waals surface area contributed by atoms with Crippen LogP contribution >= 0.6 is 23.2 Å². The van der Waals surface area contributed by atoms with E-state index in [1.807, 2.05) is 19.9 Å². The number of ether oxygens (including phenoxy) is 1. The Labute approximate surface area is 270 Å². The normalized spacial score (nSPS) is 27.4. The first kappa shape index (κ1) is 29.6. The van der Waals surface area contributed by atoms with Gasteiger partial charge >= 0.3 is 0 Å². The van der Waals surface area contributed by atoms with Crippen molar-refractivity contribution in [1.82, 2.24) is 0 Å². The minimum atomic E-state index is -0.824. The van der Waals surface area contributed by atoms with Gasteiger partial charge in [-0.15, -0.1) is 0 Å². The molecule has 6 atom stereocenters. The summed E-state index contributed by atoms with van der Waals surface area (Å²) in [4.78, 5) is 58.8. The van der Waals surface area contributed by atoms with Crippen LogP contribution in [0.5, 0.6) is 11.5 Å². The lowest BCUT2D eigenvalue weighted by molar-refractivity contribution is -0.126. The fraction of sp³-hybridized carbons (Fsp3) is 0.314. The van der Waals surface area contributed by atoms with E-state index in [1.54, 1.807) is 48.5 Å². The van der Waals surface area contributed by atoms with Gasteiger partial charge in [0, 0.05) is 27.6 Å². The van der Waals surface area contributed by atoms with Crippen LogP contribution in [0.1, 0.15) is 35.4 Å². The minimum Gasteiger partial charge on any atom is -0.508 e. The fourth-order valence-electron chi connectivity index (χ4n) is 7.80. The van der Waals surface area contributed by atoms with Crippen LogP contribution in [0.25, 0.3) is 0 Å². The number of methoxy groups -OCH3 is 1. The molecule has 3 aromatic rings. The van der Waals surface area contributed by atoms with Crippen LogP contribution in [-0.4, -0.2) is 35.8 Å². The van der Waals surface area contributed by atoms with Crippen molar-refractivity contribution < 1.29 is 29.0 Å². The second-order valence-electron chi connectivity index (χ2n) is 12.3. The Morgan fingerprint density at radius 2 is 1.31 bits per heavy atom. The molecule has 0 unspecified atom stereocenters. The van der Waals surface area contributed by atoms with Crippen molar-refractivity contribution in [3.8, 4) is 11.5 Å². The van der Waals surface area contributed by atoms with Crippen LogP contribution in [0, 0.1) is 43.4 Å². The van der Waals surface area contributed by atoms with Gasteiger partial charge in [0.25, 0.3) is 0 Å². The number of carbonyl (C=O) groups excluding carboxylic acids is 4. The Bertz CT molecular complexity index is 1850. The maximum Gasteiger partial charge on any atom is 0.238 e. The summed E-state index contributed by atoms with van der Waals surface area (Å²) in [5, 5.41) is 12.1. The van der Waals surface area contributed by atoms with E-state index in [4.69, 9.17) is 27.9 Å². The number of phenols is 1. The predicted octanol–water partition coefficient (Wildman–Crippen LogP) is 6.37. The summed E-state index contributed by atoms with van der Waals surface area (Å²) >= 11 is 12.8. The lowest BCUT2D eigenvalue weighted by Crippen LogP contribution is -2.43. The number of phenolic OH excluding ortho intramolecular Hbond substituents is 1. The maximum absolute atomic E-state index is 14.3. The van der Waals surface area contributed by atoms with E-state index in [-0.39, 0.29) is 29.9 Å². The van der Waals surface area contributed by atoms with Crippen LogP contribution in [0.15, 0.2) is 66.2 Å². The van der Waals surface area contributed by atoms with Crippen molar-refractivity contribution in [3.05, 3.63) is 93.0 Å². The largest absolute Gasteiger partial charge is 0.508 e. The first-order valence-electron chi connectivity index (χ1n) is 14.9. The van der Waals surface area contributed by atoms with E-state index in [2.05, 4.69) is 0 Å². The number of carbonyl (C=O) groups is 4. The van der Waals surface area contributed by atoms with Gasteiger partial charge in [-0.1, -0.05) is 53.1 Å². The van der Waals surface area contributed by atoms with Crippen molar-refractivity contribution in [2.45, 2.75) is 32.6 Å². The minimum absolute atomic E-state index is 0.0800. The number of imide groups is 2. The van der Waals surface area contributed by atoms with Crippen molar-refractivity contribution in [2.75, 3.05) is 16.9 Å². The van der Waals surface area contributed by atoms with E-state index in [0.29, 0.717) is 39.2 Å². The van der Waals surface area contributed by atoms with E-state index in [9.17, 15) is 24.3 Å². The highest BCUT2D eigenvalue weighted by atomic mass is 35.5. The van der Waals surface area contributed by atoms with E-state index in [1.165, 1.54) is 23.0 Å². The fourth-order valence-corrected chi connectivity index (χ4v) is 8.15. The molecule has 3 fully saturated rings. The zero-order chi connectivity index (χ0) is 31.9. The molecule has 0 bridgehead atoms. The molecule has 2 saturated heterocycles. The SMILES string of the molecule is COc1ccc([C@H]2C3=CC[C@@H]4C(=O)N(c5ccc(C)c(Cl)c5)C(=O)[C@@H]4[C@@H]3C[C@H]3C(=O)N(c4ccc(C)c(Cl)c4)C(=O)[C@@H]23)c(O)c1. The molecule has 45 heavy (non-hydrogen) atoms. The molecule has 1 N–H and O–H groups in total. The third-order valence-electron chi connectivity index (χ3n) is 10.0. The van der Waals surface area contributed by atoms with Gasteiger partial charge in [-0.05, 0) is 74.1 Å². The molecular formula is C35H30Cl2N2O6. The highest BCUT2D eigenvalue weighted by Crippen LogP contribution is 2.59. The van der Waals surface area contributed by atoms with Crippen LogP contribution in [0.3, 0.4) is 0 Å². The molecule has 1 saturated carbocycles. The van der Waals surface area contributed by atoms with Gasteiger partial charge in [0.1, 0.15) is 11.5 Å². The number of nitrogens with zero attached hydrogens (tertiary/aromatic N) is 2. The Morgan fingerprint density at radius 3 is 1.87 bits per heavy atom. The van der Waals surface area contributed by atoms with Crippen LogP contribution in [0.2, 0.25) is 10.0 Å². The quantitative estimate of drug-likeness (QED) is 0.261. The lowest BCUT2D eigenvalue weighted by atomic mass is 9.57. The van der Waals surface area contributed by atoms with E-state index in [0.717, 1.165) is 16.7 Å². The predicted molar refractivity (Wildman–Crippen MR) is 170 cm³/mol. The van der Waals surface area contributed by atoms with Gasteiger partial charge in [-0.3, -0.25) is 19.2 Å². The number of anilines is 2. The van der Waals surface area contributed by atoms with Crippen molar-refractivity contribution >= 4 is 58.2 Å². The number of halogens is 2. The number of aryl methyl sites for hydroxylation is 2. The van der Waals surface area contributed by atoms with Gasteiger partial charge in [0.2, 0.25) is 23.6 Å². The maximum atomic E-state index is 14.3. The number of fused-ring (bicyclic) bond motifs is 4. The van der Waals surface area contributed by atoms with E-state index >= 15 is 0 Å². The van der Waals surface area contributed by atoms with Gasteiger partial charge in [0.05, 0.1) is 42.2 Å². The summed E-state index contributed by atoms with van der Waals surface area (Å²) in [6.45, 7) is 3.68. The zero-order valence-corrected chi connectivity index (χ0v) is 26.3. The number of allylic oxidation sites excluding steroid dienone is 2. The van der Waals surface area contributed by atoms with Crippen molar-refractivity contribution in [1.29, 1.82) is 0 Å². The summed E-state index contributed by atoms with van der Waals surface area (Å²) in [5.74, 6) is -5.24. The lowest BCUT2D eigenvalue weighted by Gasteiger charge is -2.44. The first-order valence-corrected chi connectivity index (χ1v) is 15.6. The van der Waals surface area contributed by atoms with Gasteiger partial charge in [-0.2, -0.15) is 0 Å². The summed E-state index contributed by atoms with van der Waals surface area (Å²) in [6, 6.07) is 15.0. The van der Waals surface area contributed by atoms with Crippen LogP contribution in [-0.2, 0) is 19.2 Å². The number of hydrogen-bond donors (Lipinski definition) is 1. The molecule has 4 amide bonds. The second-order valence-corrected chi connectivity index (χ2v) is 13.2. The Hall–Kier alpha value is -4.14. The zero-order valence-electron chi connectivity index (χ0n) is 24.8. The Balaban J connectivity index is 1.34. The Morgan fingerprint density at radius 1 is 0.733 bits per heavy atom. The topological polar surface area (TPSA) is 104 Å². The summed E-state index contributed by atoms with van der Waals surface area (Å²) in [7, 11) is 1.49. The first-order chi connectivity index (χ1) is 21.5. The second kappa shape index (κ2) is 10.7. The average molecular weight is 646 g/mol. The molecular weight excluding hydrogens is 615 g/mol. The van der Waals surface area contributed by atoms with Crippen LogP contribution in [0.4, 0.5) is 11.4 Å². The number of benzene rings is 3. The highest BCUT2D eigenvalue weighted by Gasteiger charge is 2.62. The highest BCUT2D eigenvalue weighted by molar-refractivity contribution is 6.33. The molecule has 8 nitrogen and oxygen atoms in total. The Kier molecular flexibility index (Phi) is 7.06. The number of amides is 4. The molecule has 3 aromatic carbocycles. The van der Waals surface area contributed by atoms with Gasteiger partial charge in [0.15, 0.2) is 0 Å². The third-order valence-corrected chi connectivity index (χ3v) is 10.9. The molecule has 230 valence electrons. The van der Waals surface area contributed by atoms with Gasteiger partial charge in [-0.25, -0.2) is 9.80 Å². The monoisotopic (exact) mass is 644 g/mol. The molecule has 0 spiro atoms. The third kappa shape index (κ3) is 4.41. The summed E-state index contributed by atoms with van der Waals surface area (Å²) in [6.07, 6.45) is 2.45. The smallest absolute Gasteiger partial charge is 0.238 e. The van der Waals surface area contributed by atoms with E-state index < -0.39 is 41.4 Å². The van der Waals surface area contributed by atoms with Crippen molar-refractivity contribution in [3.63, 3.8) is 0 Å². The molecule has 7 rings (SSSR count). The number of hydrogen-bond acceptors (Lipinski definition) is 6. The van der Waals surface area contributed by atoms with Crippen molar-refractivity contribution in [2.24, 2.45) is 29.6 Å². The molecule has 4 aliphatic rings. The molecule has 2 aliphatic carbocycles. The van der Waals surface area contributed by atoms with Gasteiger partial charge < -0.3 is 9.84 Å². The number of aromatic hydroxyl groups is 1. The number of rotatable bonds is 4.